The van der Waals surface area contributed by atoms with Gasteiger partial charge in [0, 0.05) is 18.0 Å². The van der Waals surface area contributed by atoms with Crippen molar-refractivity contribution < 1.29 is 19.0 Å². The fourth-order valence-corrected chi connectivity index (χ4v) is 2.66. The summed E-state index contributed by atoms with van der Waals surface area (Å²) < 4.78 is 19.5. The number of nitrogens with zero attached hydrogens (tertiary/aromatic N) is 1. The molecule has 0 saturated heterocycles. The molecule has 2 N–H and O–H groups in total. The minimum Gasteiger partial charge on any atom is -0.485 e. The quantitative estimate of drug-likeness (QED) is 0.891. The zero-order valence-corrected chi connectivity index (χ0v) is 12.8. The molecule has 2 heterocycles. The Morgan fingerprint density at radius 3 is 2.83 bits per heavy atom. The van der Waals surface area contributed by atoms with E-state index in [2.05, 4.69) is 10.3 Å². The van der Waals surface area contributed by atoms with Crippen LogP contribution in [0, 0.1) is 5.82 Å². The minimum absolute atomic E-state index is 0.0746. The van der Waals surface area contributed by atoms with Gasteiger partial charge in [-0.05, 0) is 32.0 Å². The molecular weight excluding hydrogens is 299 g/mol. The second kappa shape index (κ2) is 5.62. The lowest BCUT2D eigenvalue weighted by molar-refractivity contribution is -0.0629. The van der Waals surface area contributed by atoms with Crippen LogP contribution in [0.1, 0.15) is 35.8 Å². The van der Waals surface area contributed by atoms with Gasteiger partial charge >= 0.3 is 0 Å². The van der Waals surface area contributed by atoms with Gasteiger partial charge in [-0.3, -0.25) is 9.78 Å². The van der Waals surface area contributed by atoms with Crippen LogP contribution in [0.4, 0.5) is 4.39 Å². The number of nitrogens with one attached hydrogen (secondary N) is 1. The van der Waals surface area contributed by atoms with Gasteiger partial charge in [-0.15, -0.1) is 0 Å². The highest BCUT2D eigenvalue weighted by Gasteiger charge is 2.43. The van der Waals surface area contributed by atoms with Crippen molar-refractivity contribution in [1.29, 1.82) is 0 Å². The number of aromatic nitrogens is 1. The van der Waals surface area contributed by atoms with Crippen molar-refractivity contribution in [1.82, 2.24) is 10.3 Å². The van der Waals surface area contributed by atoms with Crippen LogP contribution < -0.4 is 10.1 Å². The molecule has 1 aromatic carbocycles. The Hall–Kier alpha value is -2.47. The number of hydrogen-bond donors (Lipinski definition) is 2. The Morgan fingerprint density at radius 2 is 2.09 bits per heavy atom. The number of rotatable bonds is 2. The fourth-order valence-electron chi connectivity index (χ4n) is 2.66. The van der Waals surface area contributed by atoms with Crippen molar-refractivity contribution in [3.05, 3.63) is 59.7 Å². The number of carbonyl (C=O) groups is 1. The van der Waals surface area contributed by atoms with Crippen LogP contribution >= 0.6 is 0 Å². The molecule has 0 aliphatic carbocycles. The summed E-state index contributed by atoms with van der Waals surface area (Å²) in [4.78, 5) is 16.4. The molecule has 0 bridgehead atoms. The highest BCUT2D eigenvalue weighted by atomic mass is 19.1. The van der Waals surface area contributed by atoms with E-state index in [4.69, 9.17) is 4.74 Å². The predicted octanol–water partition coefficient (Wildman–Crippen LogP) is 2.22. The molecule has 1 aliphatic heterocycles. The standard InChI is InChI=1S/C17H17FN2O3/c1-17(2)15(21)14(11-9-19-8-7-13(11)23-17)20-16(22)10-5-3-4-6-12(10)18/h3-9,14-15,21H,1-2H3,(H,20,22)/t14-,15+/m0/s1. The van der Waals surface area contributed by atoms with E-state index in [1.54, 1.807) is 32.2 Å². The maximum atomic E-state index is 13.8. The lowest BCUT2D eigenvalue weighted by atomic mass is 9.87. The normalized spacial score (nSPS) is 21.9. The highest BCUT2D eigenvalue weighted by molar-refractivity contribution is 5.94. The van der Waals surface area contributed by atoms with Gasteiger partial charge in [0.1, 0.15) is 23.3 Å². The number of benzene rings is 1. The number of amides is 1. The van der Waals surface area contributed by atoms with E-state index in [1.807, 2.05) is 0 Å². The van der Waals surface area contributed by atoms with Crippen molar-refractivity contribution in [2.75, 3.05) is 0 Å². The third-order valence-electron chi connectivity index (χ3n) is 3.95. The molecule has 0 saturated carbocycles. The monoisotopic (exact) mass is 316 g/mol. The summed E-state index contributed by atoms with van der Waals surface area (Å²) in [5.41, 5.74) is -0.417. The van der Waals surface area contributed by atoms with Crippen LogP contribution in [-0.4, -0.2) is 27.7 Å². The third-order valence-corrected chi connectivity index (χ3v) is 3.95. The van der Waals surface area contributed by atoms with Gasteiger partial charge in [-0.25, -0.2) is 4.39 Å². The number of carbonyl (C=O) groups excluding carboxylic acids is 1. The van der Waals surface area contributed by atoms with Crippen LogP contribution in [-0.2, 0) is 0 Å². The summed E-state index contributed by atoms with van der Waals surface area (Å²) in [5.74, 6) is -0.675. The molecule has 0 unspecified atom stereocenters. The summed E-state index contributed by atoms with van der Waals surface area (Å²) in [6.07, 6.45) is 2.09. The van der Waals surface area contributed by atoms with Crippen LogP contribution in [0.3, 0.4) is 0 Å². The van der Waals surface area contributed by atoms with Crippen LogP contribution in [0.2, 0.25) is 0 Å². The average Bonchev–Trinajstić information content (AvgIpc) is 2.51. The predicted molar refractivity (Wildman–Crippen MR) is 81.6 cm³/mol. The summed E-state index contributed by atoms with van der Waals surface area (Å²) in [6, 6.07) is 6.64. The average molecular weight is 316 g/mol. The van der Waals surface area contributed by atoms with E-state index in [9.17, 15) is 14.3 Å². The van der Waals surface area contributed by atoms with Gasteiger partial charge in [0.05, 0.1) is 11.6 Å². The molecule has 2 aromatic rings. The van der Waals surface area contributed by atoms with Crippen LogP contribution in [0.15, 0.2) is 42.7 Å². The molecule has 120 valence electrons. The van der Waals surface area contributed by atoms with Gasteiger partial charge in [-0.1, -0.05) is 12.1 Å². The number of pyridine rings is 1. The second-order valence-electron chi connectivity index (χ2n) is 5.99. The number of fused-ring (bicyclic) bond motifs is 1. The van der Waals surface area contributed by atoms with E-state index in [0.717, 1.165) is 0 Å². The van der Waals surface area contributed by atoms with E-state index < -0.39 is 29.5 Å². The summed E-state index contributed by atoms with van der Waals surface area (Å²) in [7, 11) is 0. The van der Waals surface area contributed by atoms with Gasteiger partial charge in [0.15, 0.2) is 0 Å². The zero-order valence-electron chi connectivity index (χ0n) is 12.8. The van der Waals surface area contributed by atoms with Gasteiger partial charge in [0.2, 0.25) is 0 Å². The number of ether oxygens (including phenoxy) is 1. The fraction of sp³-hybridized carbons (Fsp3) is 0.294. The molecule has 0 spiro atoms. The van der Waals surface area contributed by atoms with Gasteiger partial charge < -0.3 is 15.2 Å². The molecule has 23 heavy (non-hydrogen) atoms. The SMILES string of the molecule is CC1(C)Oc2ccncc2[C@H](NC(=O)c2ccccc2F)[C@H]1O. The Bertz CT molecular complexity index is 748. The molecule has 0 fully saturated rings. The maximum Gasteiger partial charge on any atom is 0.254 e. The number of halogens is 1. The molecular formula is C17H17FN2O3. The molecule has 1 aliphatic rings. The smallest absolute Gasteiger partial charge is 0.254 e. The van der Waals surface area contributed by atoms with E-state index in [1.165, 1.54) is 24.4 Å². The Morgan fingerprint density at radius 1 is 1.35 bits per heavy atom. The minimum atomic E-state index is -1.00. The molecule has 0 radical (unpaired) electrons. The zero-order chi connectivity index (χ0) is 16.6. The van der Waals surface area contributed by atoms with E-state index in [0.29, 0.717) is 11.3 Å². The molecule has 5 nitrogen and oxygen atoms in total. The molecule has 2 atom stereocenters. The Balaban J connectivity index is 1.95. The molecule has 1 aromatic heterocycles. The Kier molecular flexibility index (Phi) is 3.77. The maximum absolute atomic E-state index is 13.8. The van der Waals surface area contributed by atoms with Gasteiger partial charge in [0.25, 0.3) is 5.91 Å². The van der Waals surface area contributed by atoms with E-state index >= 15 is 0 Å². The van der Waals surface area contributed by atoms with E-state index in [-0.39, 0.29) is 5.56 Å². The highest BCUT2D eigenvalue weighted by Crippen LogP contribution is 2.39. The first-order valence-corrected chi connectivity index (χ1v) is 7.26. The van der Waals surface area contributed by atoms with Crippen molar-refractivity contribution >= 4 is 5.91 Å². The first-order chi connectivity index (χ1) is 10.9. The molecule has 6 heteroatoms. The first-order valence-electron chi connectivity index (χ1n) is 7.26. The summed E-state index contributed by atoms with van der Waals surface area (Å²) >= 11 is 0. The van der Waals surface area contributed by atoms with Crippen molar-refractivity contribution in [3.8, 4) is 5.75 Å². The van der Waals surface area contributed by atoms with Crippen LogP contribution in [0.25, 0.3) is 0 Å². The third kappa shape index (κ3) is 2.77. The van der Waals surface area contributed by atoms with Gasteiger partial charge in [-0.2, -0.15) is 0 Å². The number of hydrogen-bond acceptors (Lipinski definition) is 4. The Labute approximate surface area is 133 Å². The second-order valence-corrected chi connectivity index (χ2v) is 5.99. The topological polar surface area (TPSA) is 71.5 Å². The molecule has 1 amide bonds. The first kappa shape index (κ1) is 15.4. The van der Waals surface area contributed by atoms with Crippen molar-refractivity contribution in [3.63, 3.8) is 0 Å². The van der Waals surface area contributed by atoms with Crippen molar-refractivity contribution in [2.24, 2.45) is 0 Å². The summed E-state index contributed by atoms with van der Waals surface area (Å²) in [5, 5.41) is 13.2. The lowest BCUT2D eigenvalue weighted by Gasteiger charge is -2.42. The largest absolute Gasteiger partial charge is 0.485 e. The van der Waals surface area contributed by atoms with Crippen molar-refractivity contribution in [2.45, 2.75) is 31.6 Å². The number of aliphatic hydroxyl groups excluding tert-OH is 1. The lowest BCUT2D eigenvalue weighted by Crippen LogP contribution is -2.53. The number of aliphatic hydroxyl groups is 1. The van der Waals surface area contributed by atoms with Crippen LogP contribution in [0.5, 0.6) is 5.75 Å². The molecule has 3 rings (SSSR count). The summed E-state index contributed by atoms with van der Waals surface area (Å²) in [6.45, 7) is 3.45.